The maximum Gasteiger partial charge on any atom is 0.147 e. The fourth-order valence-electron chi connectivity index (χ4n) is 2.34. The van der Waals surface area contributed by atoms with Crippen LogP contribution in [-0.4, -0.2) is 22.6 Å². The van der Waals surface area contributed by atoms with Gasteiger partial charge in [0.05, 0.1) is 18.1 Å². The molecule has 5 heteroatoms. The minimum absolute atomic E-state index is 0.642. The predicted molar refractivity (Wildman–Crippen MR) is 87.6 cm³/mol. The zero-order valence-corrected chi connectivity index (χ0v) is 13.3. The van der Waals surface area contributed by atoms with E-state index < -0.39 is 0 Å². The molecule has 0 aromatic carbocycles. The van der Waals surface area contributed by atoms with Crippen LogP contribution in [0.25, 0.3) is 0 Å². The van der Waals surface area contributed by atoms with Crippen molar-refractivity contribution >= 4 is 17.2 Å². The van der Waals surface area contributed by atoms with Crippen molar-refractivity contribution < 1.29 is 0 Å². The molecule has 0 atom stereocenters. The summed E-state index contributed by atoms with van der Waals surface area (Å²) < 4.78 is 0. The summed E-state index contributed by atoms with van der Waals surface area (Å²) in [5.41, 5.74) is 2.38. The van der Waals surface area contributed by atoms with Gasteiger partial charge >= 0.3 is 0 Å². The second-order valence-corrected chi connectivity index (χ2v) is 6.31. The van der Waals surface area contributed by atoms with Gasteiger partial charge in [-0.3, -0.25) is 4.98 Å². The number of nitrogens with zero attached hydrogens (tertiary/aromatic N) is 3. The minimum atomic E-state index is 0.642. The average Bonchev–Trinajstić information content (AvgIpc) is 3.23. The topological polar surface area (TPSA) is 41.1 Å². The van der Waals surface area contributed by atoms with Gasteiger partial charge in [-0.05, 0) is 48.2 Å². The third-order valence-electron chi connectivity index (χ3n) is 3.64. The Balaban J connectivity index is 1.65. The van der Waals surface area contributed by atoms with Crippen LogP contribution in [0, 0.1) is 0 Å². The third-order valence-corrected chi connectivity index (χ3v) is 4.37. The molecule has 21 heavy (non-hydrogen) atoms. The summed E-state index contributed by atoms with van der Waals surface area (Å²) in [4.78, 5) is 11.6. The van der Waals surface area contributed by atoms with Gasteiger partial charge in [-0.1, -0.05) is 6.92 Å². The maximum absolute atomic E-state index is 4.63. The van der Waals surface area contributed by atoms with Crippen LogP contribution in [0.1, 0.15) is 37.4 Å². The van der Waals surface area contributed by atoms with Crippen LogP contribution in [-0.2, 0) is 13.1 Å². The monoisotopic (exact) mass is 302 g/mol. The van der Waals surface area contributed by atoms with Crippen LogP contribution in [0.2, 0.25) is 0 Å². The largest absolute Gasteiger partial charge is 0.348 e. The highest BCUT2D eigenvalue weighted by Gasteiger charge is 2.30. The Labute approximate surface area is 130 Å². The molecule has 1 N–H and O–H groups in total. The highest BCUT2D eigenvalue weighted by atomic mass is 32.1. The first-order valence-electron chi connectivity index (χ1n) is 7.66. The number of aromatic nitrogens is 2. The second kappa shape index (κ2) is 7.00. The molecular weight excluding hydrogens is 280 g/mol. The van der Waals surface area contributed by atoms with E-state index in [0.29, 0.717) is 6.04 Å². The van der Waals surface area contributed by atoms with Crippen molar-refractivity contribution in [2.24, 2.45) is 0 Å². The van der Waals surface area contributed by atoms with Gasteiger partial charge in [0, 0.05) is 19.1 Å². The van der Waals surface area contributed by atoms with Crippen LogP contribution in [0.15, 0.2) is 29.2 Å². The summed E-state index contributed by atoms with van der Waals surface area (Å²) in [7, 11) is 0. The Morgan fingerprint density at radius 2 is 2.24 bits per heavy atom. The fourth-order valence-corrected chi connectivity index (χ4v) is 3.00. The van der Waals surface area contributed by atoms with E-state index in [1.54, 1.807) is 11.3 Å². The molecule has 2 aromatic rings. The lowest BCUT2D eigenvalue weighted by Crippen LogP contribution is -2.26. The summed E-state index contributed by atoms with van der Waals surface area (Å²) >= 11 is 1.75. The molecule has 0 spiro atoms. The van der Waals surface area contributed by atoms with Crippen LogP contribution in [0.5, 0.6) is 0 Å². The van der Waals surface area contributed by atoms with E-state index in [1.807, 2.05) is 12.4 Å². The van der Waals surface area contributed by atoms with Gasteiger partial charge in [0.15, 0.2) is 0 Å². The summed E-state index contributed by atoms with van der Waals surface area (Å²) in [6.07, 6.45) is 7.51. The Bertz CT molecular complexity index is 534. The first-order chi connectivity index (χ1) is 10.4. The van der Waals surface area contributed by atoms with Crippen LogP contribution < -0.4 is 10.2 Å². The molecule has 0 bridgehead atoms. The normalized spacial score (nSPS) is 14.3. The summed E-state index contributed by atoms with van der Waals surface area (Å²) in [5, 5.41) is 7.70. The van der Waals surface area contributed by atoms with Gasteiger partial charge in [-0.2, -0.15) is 11.3 Å². The van der Waals surface area contributed by atoms with Gasteiger partial charge in [0.2, 0.25) is 0 Å². The average molecular weight is 302 g/mol. The van der Waals surface area contributed by atoms with E-state index in [4.69, 9.17) is 0 Å². The number of thiophene rings is 1. The van der Waals surface area contributed by atoms with Crippen molar-refractivity contribution in [2.75, 3.05) is 11.4 Å². The molecule has 2 heterocycles. The maximum atomic E-state index is 4.63. The van der Waals surface area contributed by atoms with Gasteiger partial charge in [0.25, 0.3) is 0 Å². The smallest absolute Gasteiger partial charge is 0.147 e. The Hall–Kier alpha value is -1.46. The van der Waals surface area contributed by atoms with Gasteiger partial charge < -0.3 is 10.2 Å². The summed E-state index contributed by atoms with van der Waals surface area (Å²) in [6, 6.07) is 2.83. The minimum Gasteiger partial charge on any atom is -0.348 e. The molecule has 2 aromatic heterocycles. The number of hydrogen-bond donors (Lipinski definition) is 1. The molecule has 0 amide bonds. The lowest BCUT2D eigenvalue weighted by atomic mass is 10.3. The van der Waals surface area contributed by atoms with Crippen molar-refractivity contribution in [3.8, 4) is 0 Å². The van der Waals surface area contributed by atoms with E-state index in [9.17, 15) is 0 Å². The van der Waals surface area contributed by atoms with Crippen molar-refractivity contribution in [3.63, 3.8) is 0 Å². The van der Waals surface area contributed by atoms with E-state index in [0.717, 1.165) is 37.6 Å². The number of rotatable bonds is 8. The highest BCUT2D eigenvalue weighted by Crippen LogP contribution is 2.32. The zero-order valence-electron chi connectivity index (χ0n) is 12.5. The standard InChI is InChI=1S/C16H22N4S/c1-2-6-17-8-14-9-19-16(10-18-14)20(15-3-4-15)11-13-5-7-21-12-13/h5,7,9-10,12,15,17H,2-4,6,8,11H2,1H3. The number of nitrogens with one attached hydrogen (secondary N) is 1. The molecule has 112 valence electrons. The van der Waals surface area contributed by atoms with E-state index in [-0.39, 0.29) is 0 Å². The SMILES string of the molecule is CCCNCc1cnc(N(Cc2ccsc2)C2CC2)cn1. The van der Waals surface area contributed by atoms with Gasteiger partial charge in [-0.25, -0.2) is 4.98 Å². The first kappa shape index (κ1) is 14.5. The molecule has 1 saturated carbocycles. The molecule has 1 aliphatic carbocycles. The van der Waals surface area contributed by atoms with Crippen LogP contribution in [0.4, 0.5) is 5.82 Å². The lowest BCUT2D eigenvalue weighted by Gasteiger charge is -2.22. The molecule has 1 aliphatic rings. The molecule has 0 aliphatic heterocycles. The number of hydrogen-bond acceptors (Lipinski definition) is 5. The summed E-state index contributed by atoms with van der Waals surface area (Å²) in [5.74, 6) is 1.00. The van der Waals surface area contributed by atoms with Gasteiger partial charge in [-0.15, -0.1) is 0 Å². The Morgan fingerprint density at radius 3 is 2.86 bits per heavy atom. The fraction of sp³-hybridized carbons (Fsp3) is 0.500. The van der Waals surface area contributed by atoms with Crippen molar-refractivity contribution in [3.05, 3.63) is 40.5 Å². The molecule has 0 unspecified atom stereocenters. The predicted octanol–water partition coefficient (Wildman–Crippen LogP) is 3.21. The first-order valence-corrected chi connectivity index (χ1v) is 8.60. The van der Waals surface area contributed by atoms with E-state index in [1.165, 1.54) is 18.4 Å². The van der Waals surface area contributed by atoms with Gasteiger partial charge in [0.1, 0.15) is 5.82 Å². The Kier molecular flexibility index (Phi) is 4.83. The Morgan fingerprint density at radius 1 is 1.33 bits per heavy atom. The van der Waals surface area contributed by atoms with Crippen LogP contribution >= 0.6 is 11.3 Å². The zero-order chi connectivity index (χ0) is 14.5. The molecular formula is C16H22N4S. The second-order valence-electron chi connectivity index (χ2n) is 5.53. The van der Waals surface area contributed by atoms with Crippen LogP contribution in [0.3, 0.4) is 0 Å². The van der Waals surface area contributed by atoms with E-state index in [2.05, 4.69) is 43.9 Å². The quantitative estimate of drug-likeness (QED) is 0.760. The third kappa shape index (κ3) is 4.02. The van der Waals surface area contributed by atoms with Crippen molar-refractivity contribution in [1.29, 1.82) is 0 Å². The van der Waals surface area contributed by atoms with Crippen molar-refractivity contribution in [1.82, 2.24) is 15.3 Å². The van der Waals surface area contributed by atoms with E-state index >= 15 is 0 Å². The number of anilines is 1. The molecule has 0 saturated heterocycles. The highest BCUT2D eigenvalue weighted by molar-refractivity contribution is 7.07. The summed E-state index contributed by atoms with van der Waals surface area (Å²) in [6.45, 7) is 4.93. The van der Waals surface area contributed by atoms with Crippen molar-refractivity contribution in [2.45, 2.75) is 45.3 Å². The molecule has 3 rings (SSSR count). The molecule has 1 fully saturated rings. The molecule has 0 radical (unpaired) electrons. The lowest BCUT2D eigenvalue weighted by molar-refractivity contribution is 0.660. The molecule has 4 nitrogen and oxygen atoms in total.